The maximum Gasteiger partial charge on any atom is 0.254 e. The van der Waals surface area contributed by atoms with Crippen LogP contribution in [-0.2, 0) is 11.3 Å². The van der Waals surface area contributed by atoms with Gasteiger partial charge in [-0.1, -0.05) is 42.0 Å². The number of anilines is 1. The average Bonchev–Trinajstić information content (AvgIpc) is 2.64. The Kier molecular flexibility index (Phi) is 5.12. The summed E-state index contributed by atoms with van der Waals surface area (Å²) in [7, 11) is 1.53. The molecule has 26 heavy (non-hydrogen) atoms. The molecular weight excluding hydrogens is 330 g/mol. The van der Waals surface area contributed by atoms with E-state index in [1.54, 1.807) is 18.2 Å². The summed E-state index contributed by atoms with van der Waals surface area (Å²) in [6.07, 6.45) is 1.39. The molecule has 1 heterocycles. The zero-order valence-electron chi connectivity index (χ0n) is 14.6. The average molecular weight is 349 g/mol. The number of aromatic nitrogens is 2. The first-order chi connectivity index (χ1) is 12.6. The lowest BCUT2D eigenvalue weighted by Crippen LogP contribution is -2.27. The Balaban J connectivity index is 1.75. The van der Waals surface area contributed by atoms with E-state index in [9.17, 15) is 9.59 Å². The van der Waals surface area contributed by atoms with Crippen molar-refractivity contribution >= 4 is 11.6 Å². The summed E-state index contributed by atoms with van der Waals surface area (Å²) in [5.41, 5.74) is 2.84. The molecule has 0 unspecified atom stereocenters. The van der Waals surface area contributed by atoms with Crippen molar-refractivity contribution in [2.75, 3.05) is 12.4 Å². The Morgan fingerprint density at radius 2 is 1.88 bits per heavy atom. The number of para-hydroxylation sites is 2. The Morgan fingerprint density at radius 1 is 1.15 bits per heavy atom. The minimum absolute atomic E-state index is 0.127. The van der Waals surface area contributed by atoms with Crippen molar-refractivity contribution in [3.8, 4) is 17.0 Å². The molecule has 0 bridgehead atoms. The van der Waals surface area contributed by atoms with Gasteiger partial charge in [0.15, 0.2) is 0 Å². The molecule has 0 saturated carbocycles. The van der Waals surface area contributed by atoms with Crippen LogP contribution in [0, 0.1) is 6.92 Å². The van der Waals surface area contributed by atoms with Gasteiger partial charge in [0.05, 0.1) is 24.8 Å². The van der Waals surface area contributed by atoms with E-state index < -0.39 is 0 Å². The predicted octanol–water partition coefficient (Wildman–Crippen LogP) is 2.87. The SMILES string of the molecule is COc1ccccc1NC(=O)Cn1cnc(-c2ccc(C)cc2)cc1=O. The Hall–Kier alpha value is -3.41. The highest BCUT2D eigenvalue weighted by Crippen LogP contribution is 2.22. The highest BCUT2D eigenvalue weighted by molar-refractivity contribution is 5.92. The number of hydrogen-bond acceptors (Lipinski definition) is 4. The fourth-order valence-electron chi connectivity index (χ4n) is 2.52. The molecule has 1 amide bonds. The van der Waals surface area contributed by atoms with Gasteiger partial charge < -0.3 is 10.1 Å². The Bertz CT molecular complexity index is 978. The molecule has 3 rings (SSSR count). The van der Waals surface area contributed by atoms with Crippen LogP contribution >= 0.6 is 0 Å². The fourth-order valence-corrected chi connectivity index (χ4v) is 2.52. The van der Waals surface area contributed by atoms with Crippen LogP contribution in [0.25, 0.3) is 11.3 Å². The maximum atomic E-state index is 12.3. The van der Waals surface area contributed by atoms with Crippen LogP contribution in [0.1, 0.15) is 5.56 Å². The molecule has 1 aromatic heterocycles. The third-order valence-corrected chi connectivity index (χ3v) is 3.92. The van der Waals surface area contributed by atoms with Crippen molar-refractivity contribution in [1.29, 1.82) is 0 Å². The van der Waals surface area contributed by atoms with E-state index in [2.05, 4.69) is 10.3 Å². The first-order valence-corrected chi connectivity index (χ1v) is 8.13. The summed E-state index contributed by atoms with van der Waals surface area (Å²) in [4.78, 5) is 28.8. The molecule has 3 aromatic rings. The van der Waals surface area contributed by atoms with Gasteiger partial charge in [-0.05, 0) is 19.1 Å². The van der Waals surface area contributed by atoms with Gasteiger partial charge in [0.2, 0.25) is 5.91 Å². The molecule has 132 valence electrons. The molecule has 0 spiro atoms. The van der Waals surface area contributed by atoms with E-state index in [1.807, 2.05) is 37.3 Å². The van der Waals surface area contributed by atoms with E-state index in [1.165, 1.54) is 24.1 Å². The molecular formula is C20H19N3O3. The molecule has 0 fully saturated rings. The van der Waals surface area contributed by atoms with Crippen LogP contribution in [0.2, 0.25) is 0 Å². The van der Waals surface area contributed by atoms with Crippen LogP contribution in [0.15, 0.2) is 65.7 Å². The molecule has 0 saturated heterocycles. The number of hydrogen-bond donors (Lipinski definition) is 1. The van der Waals surface area contributed by atoms with Crippen LogP contribution in [-0.4, -0.2) is 22.6 Å². The van der Waals surface area contributed by atoms with Crippen molar-refractivity contribution in [3.05, 3.63) is 76.8 Å². The van der Waals surface area contributed by atoms with Gasteiger partial charge >= 0.3 is 0 Å². The van der Waals surface area contributed by atoms with Gasteiger partial charge in [-0.15, -0.1) is 0 Å². The molecule has 0 radical (unpaired) electrons. The van der Waals surface area contributed by atoms with Crippen molar-refractivity contribution in [3.63, 3.8) is 0 Å². The number of carbonyl (C=O) groups is 1. The molecule has 6 nitrogen and oxygen atoms in total. The second-order valence-electron chi connectivity index (χ2n) is 5.85. The van der Waals surface area contributed by atoms with Crippen molar-refractivity contribution in [2.45, 2.75) is 13.5 Å². The fraction of sp³-hybridized carbons (Fsp3) is 0.150. The number of rotatable bonds is 5. The highest BCUT2D eigenvalue weighted by atomic mass is 16.5. The maximum absolute atomic E-state index is 12.3. The molecule has 0 atom stereocenters. The Morgan fingerprint density at radius 3 is 2.58 bits per heavy atom. The number of carbonyl (C=O) groups excluding carboxylic acids is 1. The van der Waals surface area contributed by atoms with E-state index in [-0.39, 0.29) is 18.0 Å². The zero-order chi connectivity index (χ0) is 18.5. The van der Waals surface area contributed by atoms with Crippen LogP contribution in [0.3, 0.4) is 0 Å². The minimum atomic E-state index is -0.332. The van der Waals surface area contributed by atoms with Gasteiger partial charge in [-0.25, -0.2) is 4.98 Å². The molecule has 0 aliphatic rings. The van der Waals surface area contributed by atoms with Gasteiger partial charge in [0.25, 0.3) is 5.56 Å². The highest BCUT2D eigenvalue weighted by Gasteiger charge is 2.10. The topological polar surface area (TPSA) is 73.2 Å². The van der Waals surface area contributed by atoms with Gasteiger partial charge in [-0.2, -0.15) is 0 Å². The first kappa shape index (κ1) is 17.4. The standard InChI is InChI=1S/C20H19N3O3/c1-14-7-9-15(10-8-14)17-11-20(25)23(13-21-17)12-19(24)22-16-5-3-4-6-18(16)26-2/h3-11,13H,12H2,1-2H3,(H,22,24). The van der Waals surface area contributed by atoms with E-state index in [0.29, 0.717) is 17.1 Å². The second kappa shape index (κ2) is 7.65. The number of benzene rings is 2. The van der Waals surface area contributed by atoms with Crippen molar-refractivity contribution in [1.82, 2.24) is 9.55 Å². The van der Waals surface area contributed by atoms with E-state index in [0.717, 1.165) is 11.1 Å². The summed E-state index contributed by atoms with van der Waals surface area (Å²) < 4.78 is 6.46. The zero-order valence-corrected chi connectivity index (χ0v) is 14.6. The van der Waals surface area contributed by atoms with Crippen molar-refractivity contribution in [2.24, 2.45) is 0 Å². The third kappa shape index (κ3) is 3.97. The molecule has 1 N–H and O–H groups in total. The number of ether oxygens (including phenoxy) is 1. The summed E-state index contributed by atoms with van der Waals surface area (Å²) >= 11 is 0. The minimum Gasteiger partial charge on any atom is -0.495 e. The van der Waals surface area contributed by atoms with Crippen LogP contribution in [0.4, 0.5) is 5.69 Å². The quantitative estimate of drug-likeness (QED) is 0.769. The number of methoxy groups -OCH3 is 1. The summed E-state index contributed by atoms with van der Waals surface area (Å²) in [6, 6.07) is 16.3. The van der Waals surface area contributed by atoms with E-state index >= 15 is 0 Å². The van der Waals surface area contributed by atoms with Crippen LogP contribution in [0.5, 0.6) is 5.75 Å². The van der Waals surface area contributed by atoms with Gasteiger partial charge in [0, 0.05) is 11.6 Å². The summed E-state index contributed by atoms with van der Waals surface area (Å²) in [6.45, 7) is 1.87. The number of amides is 1. The number of aryl methyl sites for hydroxylation is 1. The third-order valence-electron chi connectivity index (χ3n) is 3.92. The molecule has 2 aromatic carbocycles. The lowest BCUT2D eigenvalue weighted by atomic mass is 10.1. The molecule has 6 heteroatoms. The number of nitrogens with zero attached hydrogens (tertiary/aromatic N) is 2. The smallest absolute Gasteiger partial charge is 0.254 e. The lowest BCUT2D eigenvalue weighted by Gasteiger charge is -2.11. The van der Waals surface area contributed by atoms with Crippen molar-refractivity contribution < 1.29 is 9.53 Å². The first-order valence-electron chi connectivity index (χ1n) is 8.13. The lowest BCUT2D eigenvalue weighted by molar-refractivity contribution is -0.116. The van der Waals surface area contributed by atoms with Gasteiger partial charge in [-0.3, -0.25) is 14.2 Å². The van der Waals surface area contributed by atoms with E-state index in [4.69, 9.17) is 4.74 Å². The molecule has 0 aliphatic heterocycles. The predicted molar refractivity (Wildman–Crippen MR) is 100 cm³/mol. The van der Waals surface area contributed by atoms with Gasteiger partial charge in [0.1, 0.15) is 12.3 Å². The monoisotopic (exact) mass is 349 g/mol. The largest absolute Gasteiger partial charge is 0.495 e. The normalized spacial score (nSPS) is 10.4. The summed E-state index contributed by atoms with van der Waals surface area (Å²) in [5.74, 6) is 0.225. The Labute approximate surface area is 151 Å². The summed E-state index contributed by atoms with van der Waals surface area (Å²) in [5, 5.41) is 2.74. The molecule has 0 aliphatic carbocycles. The number of nitrogens with one attached hydrogen (secondary N) is 1. The van der Waals surface area contributed by atoms with Crippen LogP contribution < -0.4 is 15.6 Å². The second-order valence-corrected chi connectivity index (χ2v) is 5.85.